The van der Waals surface area contributed by atoms with E-state index in [1.54, 1.807) is 20.3 Å². The zero-order chi connectivity index (χ0) is 25.8. The predicted molar refractivity (Wildman–Crippen MR) is 139 cm³/mol. The first-order valence-corrected chi connectivity index (χ1v) is 12.6. The molecular formula is C29H32ClNO5. The number of carbonyl (C=O) groups is 2. The molecular weight excluding hydrogens is 478 g/mol. The van der Waals surface area contributed by atoms with Gasteiger partial charge in [0.2, 0.25) is 0 Å². The van der Waals surface area contributed by atoms with E-state index in [2.05, 4.69) is 5.32 Å². The van der Waals surface area contributed by atoms with Crippen LogP contribution in [-0.4, -0.2) is 32.6 Å². The van der Waals surface area contributed by atoms with Gasteiger partial charge in [0.25, 0.3) is 0 Å². The predicted octanol–water partition coefficient (Wildman–Crippen LogP) is 6.06. The van der Waals surface area contributed by atoms with E-state index in [1.807, 2.05) is 50.2 Å². The zero-order valence-corrected chi connectivity index (χ0v) is 21.9. The number of hydrogen-bond donors (Lipinski definition) is 1. The average Bonchev–Trinajstić information content (AvgIpc) is 2.87. The summed E-state index contributed by atoms with van der Waals surface area (Å²) < 4.78 is 16.4. The van der Waals surface area contributed by atoms with Gasteiger partial charge >= 0.3 is 5.97 Å². The average molecular weight is 510 g/mol. The molecule has 1 aliphatic heterocycles. The van der Waals surface area contributed by atoms with Gasteiger partial charge in [0, 0.05) is 34.3 Å². The van der Waals surface area contributed by atoms with Crippen molar-refractivity contribution < 1.29 is 23.8 Å². The van der Waals surface area contributed by atoms with Gasteiger partial charge in [-0.05, 0) is 55.0 Å². The number of hydrogen-bond acceptors (Lipinski definition) is 6. The fraction of sp³-hybridized carbons (Fsp3) is 0.379. The molecule has 0 bridgehead atoms. The minimum atomic E-state index is -0.581. The highest BCUT2D eigenvalue weighted by Gasteiger charge is 2.42. The van der Waals surface area contributed by atoms with Crippen LogP contribution in [0.25, 0.3) is 0 Å². The van der Waals surface area contributed by atoms with Crippen molar-refractivity contribution in [3.05, 3.63) is 81.2 Å². The summed E-state index contributed by atoms with van der Waals surface area (Å²) >= 11 is 6.61. The summed E-state index contributed by atoms with van der Waals surface area (Å²) in [7, 11) is 3.19. The maximum absolute atomic E-state index is 13.7. The van der Waals surface area contributed by atoms with Crippen LogP contribution in [0.3, 0.4) is 0 Å². The van der Waals surface area contributed by atoms with Crippen LogP contribution in [0.2, 0.25) is 5.02 Å². The minimum absolute atomic E-state index is 0.0141. The van der Waals surface area contributed by atoms with Crippen LogP contribution in [0.5, 0.6) is 11.5 Å². The van der Waals surface area contributed by atoms with Crippen molar-refractivity contribution in [3.8, 4) is 11.5 Å². The number of rotatable bonds is 8. The lowest BCUT2D eigenvalue weighted by Crippen LogP contribution is -2.36. The molecule has 1 aliphatic carbocycles. The molecule has 36 heavy (non-hydrogen) atoms. The molecule has 1 heterocycles. The molecule has 0 saturated heterocycles. The van der Waals surface area contributed by atoms with Gasteiger partial charge in [0.15, 0.2) is 17.3 Å². The third-order valence-corrected chi connectivity index (χ3v) is 7.22. The Labute approximate surface area is 217 Å². The highest BCUT2D eigenvalue weighted by molar-refractivity contribution is 6.31. The second kappa shape index (κ2) is 11.2. The standard InChI is InChI=1S/C29H32ClNO5/c1-5-6-13-36-29(33)26-17(2)31-22-14-19(18-11-12-24(34-3)25(16-18)35-4)15-23(32)28(22)27(26)20-9-7-8-10-21(20)30/h7-12,16,19,27,31H,5-6,13-15H2,1-4H3/t19-,27+/m1/s1. The zero-order valence-electron chi connectivity index (χ0n) is 21.2. The molecule has 0 fully saturated rings. The number of unbranched alkanes of at least 4 members (excludes halogenated alkanes) is 1. The largest absolute Gasteiger partial charge is 0.493 e. The fourth-order valence-corrected chi connectivity index (χ4v) is 5.30. The number of benzene rings is 2. The van der Waals surface area contributed by atoms with Crippen LogP contribution in [0.1, 0.15) is 62.5 Å². The van der Waals surface area contributed by atoms with Gasteiger partial charge in [-0.3, -0.25) is 4.79 Å². The first-order chi connectivity index (χ1) is 17.4. The molecule has 0 amide bonds. The number of ether oxygens (including phenoxy) is 3. The van der Waals surface area contributed by atoms with Crippen LogP contribution < -0.4 is 14.8 Å². The van der Waals surface area contributed by atoms with E-state index >= 15 is 0 Å². The second-order valence-electron chi connectivity index (χ2n) is 9.14. The Morgan fingerprint density at radius 2 is 1.83 bits per heavy atom. The number of carbonyl (C=O) groups excluding carboxylic acids is 2. The molecule has 0 radical (unpaired) electrons. The van der Waals surface area contributed by atoms with Crippen LogP contribution >= 0.6 is 11.6 Å². The number of Topliss-reactive ketones (excluding diaryl/α,β-unsaturated/α-hetero) is 1. The summed E-state index contributed by atoms with van der Waals surface area (Å²) in [6.07, 6.45) is 2.63. The Balaban J connectivity index is 1.75. The van der Waals surface area contributed by atoms with Crippen LogP contribution in [-0.2, 0) is 14.3 Å². The van der Waals surface area contributed by atoms with Crippen LogP contribution in [0.15, 0.2) is 65.0 Å². The van der Waals surface area contributed by atoms with Crippen molar-refractivity contribution in [1.29, 1.82) is 0 Å². The highest BCUT2D eigenvalue weighted by atomic mass is 35.5. The Hall–Kier alpha value is -3.25. The normalized spacial score (nSPS) is 19.5. The van der Waals surface area contributed by atoms with Crippen molar-refractivity contribution in [2.24, 2.45) is 0 Å². The van der Waals surface area contributed by atoms with Gasteiger partial charge in [0.05, 0.1) is 26.4 Å². The van der Waals surface area contributed by atoms with Gasteiger partial charge in [-0.1, -0.05) is 49.2 Å². The lowest BCUT2D eigenvalue weighted by atomic mass is 9.71. The smallest absolute Gasteiger partial charge is 0.336 e. The van der Waals surface area contributed by atoms with E-state index in [-0.39, 0.29) is 11.7 Å². The molecule has 7 heteroatoms. The monoisotopic (exact) mass is 509 g/mol. The Kier molecular flexibility index (Phi) is 8.04. The maximum Gasteiger partial charge on any atom is 0.336 e. The molecule has 6 nitrogen and oxygen atoms in total. The van der Waals surface area contributed by atoms with Crippen LogP contribution in [0, 0.1) is 0 Å². The van der Waals surface area contributed by atoms with E-state index in [1.165, 1.54) is 0 Å². The SMILES string of the molecule is CCCCOC(=O)C1=C(C)NC2=C(C(=O)C[C@H](c3ccc(OC)c(OC)c3)C2)[C@H]1c1ccccc1Cl. The van der Waals surface area contributed by atoms with Crippen molar-refractivity contribution in [3.63, 3.8) is 0 Å². The number of allylic oxidation sites excluding steroid dienone is 3. The molecule has 1 N–H and O–H groups in total. The number of dihydropyridines is 1. The summed E-state index contributed by atoms with van der Waals surface area (Å²) in [5, 5.41) is 3.89. The number of halogens is 1. The quantitative estimate of drug-likeness (QED) is 0.344. The van der Waals surface area contributed by atoms with Gasteiger partial charge in [0.1, 0.15) is 0 Å². The lowest BCUT2D eigenvalue weighted by molar-refractivity contribution is -0.139. The molecule has 190 valence electrons. The topological polar surface area (TPSA) is 73.9 Å². The second-order valence-corrected chi connectivity index (χ2v) is 9.55. The third kappa shape index (κ3) is 5.00. The summed E-state index contributed by atoms with van der Waals surface area (Å²) in [6, 6.07) is 13.1. The van der Waals surface area contributed by atoms with E-state index < -0.39 is 11.9 Å². The molecule has 4 rings (SSSR count). The first kappa shape index (κ1) is 25.8. The molecule has 0 aromatic heterocycles. The summed E-state index contributed by atoms with van der Waals surface area (Å²) in [4.78, 5) is 27.0. The minimum Gasteiger partial charge on any atom is -0.493 e. The molecule has 2 aromatic carbocycles. The Morgan fingerprint density at radius 1 is 1.08 bits per heavy atom. The fourth-order valence-electron chi connectivity index (χ4n) is 5.06. The van der Waals surface area contributed by atoms with Crippen LogP contribution in [0.4, 0.5) is 0 Å². The van der Waals surface area contributed by atoms with E-state index in [0.717, 1.165) is 29.7 Å². The summed E-state index contributed by atoms with van der Waals surface area (Å²) in [5.74, 6) is 0.215. The lowest BCUT2D eigenvalue weighted by Gasteiger charge is -2.37. The van der Waals surface area contributed by atoms with Gasteiger partial charge in [-0.15, -0.1) is 0 Å². The molecule has 2 atom stereocenters. The van der Waals surface area contributed by atoms with Crippen molar-refractivity contribution in [2.45, 2.75) is 51.4 Å². The molecule has 2 aliphatic rings. The first-order valence-electron chi connectivity index (χ1n) is 12.3. The van der Waals surface area contributed by atoms with E-state index in [0.29, 0.717) is 52.8 Å². The van der Waals surface area contributed by atoms with E-state index in [4.69, 9.17) is 25.8 Å². The number of nitrogens with one attached hydrogen (secondary N) is 1. The number of methoxy groups -OCH3 is 2. The van der Waals surface area contributed by atoms with Gasteiger partial charge in [-0.25, -0.2) is 4.79 Å². The maximum atomic E-state index is 13.7. The number of esters is 1. The van der Waals surface area contributed by atoms with Gasteiger partial charge in [-0.2, -0.15) is 0 Å². The Bertz CT molecular complexity index is 1230. The van der Waals surface area contributed by atoms with Crippen molar-refractivity contribution in [1.82, 2.24) is 5.32 Å². The van der Waals surface area contributed by atoms with E-state index in [9.17, 15) is 9.59 Å². The summed E-state index contributed by atoms with van der Waals surface area (Å²) in [6.45, 7) is 4.23. The molecule has 0 spiro atoms. The molecule has 0 unspecified atom stereocenters. The highest BCUT2D eigenvalue weighted by Crippen LogP contribution is 2.47. The number of ketones is 1. The Morgan fingerprint density at radius 3 is 2.53 bits per heavy atom. The van der Waals surface area contributed by atoms with Gasteiger partial charge < -0.3 is 19.5 Å². The molecule has 2 aromatic rings. The summed E-state index contributed by atoms with van der Waals surface area (Å²) in [5.41, 5.74) is 4.26. The van der Waals surface area contributed by atoms with Crippen molar-refractivity contribution >= 4 is 23.4 Å². The molecule has 0 saturated carbocycles. The third-order valence-electron chi connectivity index (χ3n) is 6.87. The van der Waals surface area contributed by atoms with Crippen molar-refractivity contribution in [2.75, 3.05) is 20.8 Å².